The number of hydrogen-bond donors (Lipinski definition) is 1. The SMILES string of the molecule is Cc1cc(-c2cc(Cl)ccc2OC2CC2)c(C(=O)Nc2nc3ncc(-c4ccc(C#N)cc4)nc3s2)cn1. The van der Waals surface area contributed by atoms with E-state index in [1.807, 2.05) is 31.2 Å². The van der Waals surface area contributed by atoms with Crippen molar-refractivity contribution in [3.63, 3.8) is 0 Å². The molecule has 186 valence electrons. The van der Waals surface area contributed by atoms with Crippen LogP contribution in [0, 0.1) is 18.3 Å². The van der Waals surface area contributed by atoms with Gasteiger partial charge in [0.1, 0.15) is 5.75 Å². The lowest BCUT2D eigenvalue weighted by Crippen LogP contribution is -2.14. The van der Waals surface area contributed by atoms with Crippen molar-refractivity contribution in [2.75, 3.05) is 5.32 Å². The number of thiazole rings is 1. The van der Waals surface area contributed by atoms with Crippen molar-refractivity contribution in [1.82, 2.24) is 19.9 Å². The number of ether oxygens (including phenoxy) is 1. The maximum atomic E-state index is 13.5. The first kappa shape index (κ1) is 24.0. The van der Waals surface area contributed by atoms with Crippen LogP contribution in [-0.2, 0) is 0 Å². The molecule has 8 nitrogen and oxygen atoms in total. The molecule has 3 aromatic heterocycles. The van der Waals surface area contributed by atoms with Gasteiger partial charge < -0.3 is 4.74 Å². The van der Waals surface area contributed by atoms with Gasteiger partial charge in [0.2, 0.25) is 0 Å². The number of hydrogen-bond acceptors (Lipinski definition) is 8. The van der Waals surface area contributed by atoms with Gasteiger partial charge in [0, 0.05) is 33.6 Å². The Labute approximate surface area is 227 Å². The molecule has 1 aliphatic carbocycles. The minimum absolute atomic E-state index is 0.187. The van der Waals surface area contributed by atoms with Crippen LogP contribution in [0.3, 0.4) is 0 Å². The predicted octanol–water partition coefficient (Wildman–Crippen LogP) is 6.44. The molecule has 0 spiro atoms. The first-order chi connectivity index (χ1) is 18.5. The molecule has 1 fully saturated rings. The maximum Gasteiger partial charge on any atom is 0.259 e. The zero-order chi connectivity index (χ0) is 26.2. The number of nitrogens with one attached hydrogen (secondary N) is 1. The Bertz CT molecular complexity index is 1740. The van der Waals surface area contributed by atoms with Crippen LogP contribution in [0.2, 0.25) is 5.02 Å². The van der Waals surface area contributed by atoms with Crippen molar-refractivity contribution in [1.29, 1.82) is 5.26 Å². The Hall–Kier alpha value is -4.39. The minimum Gasteiger partial charge on any atom is -0.490 e. The molecular formula is C28H19ClN6O2S. The van der Waals surface area contributed by atoms with Gasteiger partial charge in [-0.05, 0) is 56.2 Å². The summed E-state index contributed by atoms with van der Waals surface area (Å²) in [5, 5.41) is 12.8. The fourth-order valence-corrected chi connectivity index (χ4v) is 4.90. The van der Waals surface area contributed by atoms with E-state index in [-0.39, 0.29) is 12.0 Å². The van der Waals surface area contributed by atoms with E-state index in [1.54, 1.807) is 36.7 Å². The van der Waals surface area contributed by atoms with Gasteiger partial charge >= 0.3 is 0 Å². The molecule has 0 atom stereocenters. The smallest absolute Gasteiger partial charge is 0.259 e. The highest BCUT2D eigenvalue weighted by molar-refractivity contribution is 7.21. The maximum absolute atomic E-state index is 13.5. The van der Waals surface area contributed by atoms with Crippen LogP contribution in [0.1, 0.15) is 34.5 Å². The molecule has 5 aromatic rings. The van der Waals surface area contributed by atoms with Gasteiger partial charge in [0.05, 0.1) is 35.2 Å². The highest BCUT2D eigenvalue weighted by atomic mass is 35.5. The van der Waals surface area contributed by atoms with Gasteiger partial charge in [0.25, 0.3) is 5.91 Å². The van der Waals surface area contributed by atoms with E-state index < -0.39 is 0 Å². The normalized spacial score (nSPS) is 12.8. The van der Waals surface area contributed by atoms with E-state index in [4.69, 9.17) is 21.6 Å². The average molecular weight is 539 g/mol. The molecule has 1 saturated carbocycles. The van der Waals surface area contributed by atoms with Crippen LogP contribution in [0.25, 0.3) is 32.9 Å². The van der Waals surface area contributed by atoms with Gasteiger partial charge in [0.15, 0.2) is 15.6 Å². The van der Waals surface area contributed by atoms with Crippen LogP contribution in [-0.4, -0.2) is 31.9 Å². The number of halogens is 1. The summed E-state index contributed by atoms with van der Waals surface area (Å²) in [5.41, 5.74) is 5.03. The molecule has 1 aliphatic rings. The predicted molar refractivity (Wildman–Crippen MR) is 146 cm³/mol. The average Bonchev–Trinajstić information content (AvgIpc) is 3.65. The van der Waals surface area contributed by atoms with E-state index >= 15 is 0 Å². The lowest BCUT2D eigenvalue weighted by molar-refractivity contribution is 0.102. The van der Waals surface area contributed by atoms with Crippen LogP contribution in [0.15, 0.2) is 60.9 Å². The van der Waals surface area contributed by atoms with E-state index in [9.17, 15) is 4.79 Å². The van der Waals surface area contributed by atoms with Gasteiger partial charge in [-0.15, -0.1) is 0 Å². The zero-order valence-electron chi connectivity index (χ0n) is 20.1. The van der Waals surface area contributed by atoms with E-state index in [2.05, 4.69) is 31.3 Å². The van der Waals surface area contributed by atoms with Gasteiger partial charge in [-0.3, -0.25) is 15.1 Å². The number of nitriles is 1. The monoisotopic (exact) mass is 538 g/mol. The molecule has 0 saturated heterocycles. The summed E-state index contributed by atoms with van der Waals surface area (Å²) in [4.78, 5) is 31.9. The molecule has 1 N–H and O–H groups in total. The molecule has 0 aliphatic heterocycles. The number of anilines is 1. The molecular weight excluding hydrogens is 520 g/mol. The third-order valence-electron chi connectivity index (χ3n) is 5.99. The second-order valence-electron chi connectivity index (χ2n) is 8.88. The van der Waals surface area contributed by atoms with Crippen molar-refractivity contribution in [2.24, 2.45) is 0 Å². The number of carbonyl (C=O) groups excluding carboxylic acids is 1. The molecule has 0 bridgehead atoms. The lowest BCUT2D eigenvalue weighted by Gasteiger charge is -2.15. The summed E-state index contributed by atoms with van der Waals surface area (Å²) in [6.45, 7) is 1.87. The van der Waals surface area contributed by atoms with Crippen LogP contribution >= 0.6 is 22.9 Å². The highest BCUT2D eigenvalue weighted by Gasteiger charge is 2.26. The molecule has 0 radical (unpaired) electrons. The molecule has 3 heterocycles. The fourth-order valence-electron chi connectivity index (χ4n) is 3.94. The Morgan fingerprint density at radius 1 is 1.08 bits per heavy atom. The van der Waals surface area contributed by atoms with Crippen LogP contribution in [0.5, 0.6) is 5.75 Å². The number of aromatic nitrogens is 4. The number of benzene rings is 2. The molecule has 1 amide bonds. The van der Waals surface area contributed by atoms with Crippen molar-refractivity contribution >= 4 is 44.5 Å². The fraction of sp³-hybridized carbons (Fsp3) is 0.143. The first-order valence-electron chi connectivity index (χ1n) is 11.9. The lowest BCUT2D eigenvalue weighted by atomic mass is 9.99. The Balaban J connectivity index is 1.31. The number of carbonyl (C=O) groups is 1. The highest BCUT2D eigenvalue weighted by Crippen LogP contribution is 2.38. The summed E-state index contributed by atoms with van der Waals surface area (Å²) in [5.74, 6) is 0.316. The summed E-state index contributed by atoms with van der Waals surface area (Å²) in [7, 11) is 0. The van der Waals surface area contributed by atoms with E-state index in [1.165, 1.54) is 11.3 Å². The Morgan fingerprint density at radius 2 is 1.89 bits per heavy atom. The largest absolute Gasteiger partial charge is 0.490 e. The number of rotatable bonds is 6. The number of fused-ring (bicyclic) bond motifs is 1. The van der Waals surface area contributed by atoms with Gasteiger partial charge in [-0.25, -0.2) is 9.97 Å². The van der Waals surface area contributed by atoms with Crippen molar-refractivity contribution in [3.05, 3.63) is 82.8 Å². The Morgan fingerprint density at radius 3 is 2.66 bits per heavy atom. The zero-order valence-corrected chi connectivity index (χ0v) is 21.7. The summed E-state index contributed by atoms with van der Waals surface area (Å²) < 4.78 is 6.11. The van der Waals surface area contributed by atoms with E-state index in [0.717, 1.165) is 29.7 Å². The third-order valence-corrected chi connectivity index (χ3v) is 7.08. The standard InChI is InChI=1S/C28H19ClN6O2S/c1-15-10-20(21-11-18(29)6-9-24(21)37-19-7-8-19)22(13-31-15)26(36)35-28-34-25-27(38-28)33-23(14-32-25)17-4-2-16(12-30)3-5-17/h2-6,9-11,13-14,19H,7-8H2,1H3,(H,32,34,35,36). The number of amides is 1. The van der Waals surface area contributed by atoms with Crippen molar-refractivity contribution in [2.45, 2.75) is 25.9 Å². The van der Waals surface area contributed by atoms with Crippen LogP contribution in [0.4, 0.5) is 5.13 Å². The van der Waals surface area contributed by atoms with Crippen LogP contribution < -0.4 is 10.1 Å². The Kier molecular flexibility index (Phi) is 6.19. The van der Waals surface area contributed by atoms with Gasteiger partial charge in [-0.1, -0.05) is 35.1 Å². The summed E-state index contributed by atoms with van der Waals surface area (Å²) in [6.07, 6.45) is 5.38. The molecule has 6 rings (SSSR count). The van der Waals surface area contributed by atoms with Crippen molar-refractivity contribution in [3.8, 4) is 34.2 Å². The summed E-state index contributed by atoms with van der Waals surface area (Å²) >= 11 is 7.56. The molecule has 10 heteroatoms. The second kappa shape index (κ2) is 9.82. The summed E-state index contributed by atoms with van der Waals surface area (Å²) in [6, 6.07) is 16.5. The quantitative estimate of drug-likeness (QED) is 0.264. The molecule has 2 aromatic carbocycles. The number of aryl methyl sites for hydroxylation is 1. The molecule has 38 heavy (non-hydrogen) atoms. The van der Waals surface area contributed by atoms with Gasteiger partial charge in [-0.2, -0.15) is 10.2 Å². The third kappa shape index (κ3) is 4.92. The number of nitrogens with zero attached hydrogens (tertiary/aromatic N) is 5. The molecule has 0 unspecified atom stereocenters. The topological polar surface area (TPSA) is 114 Å². The number of pyridine rings is 1. The van der Waals surface area contributed by atoms with Crippen molar-refractivity contribution < 1.29 is 9.53 Å². The second-order valence-corrected chi connectivity index (χ2v) is 10.3. The minimum atomic E-state index is -0.365. The van der Waals surface area contributed by atoms with E-state index in [0.29, 0.717) is 48.8 Å². The first-order valence-corrected chi connectivity index (χ1v) is 13.0.